The fourth-order valence-corrected chi connectivity index (χ4v) is 2.06. The van der Waals surface area contributed by atoms with Gasteiger partial charge in [0.1, 0.15) is 18.4 Å². The van der Waals surface area contributed by atoms with Gasteiger partial charge in [0, 0.05) is 23.2 Å². The molecule has 3 rings (SSSR count). The van der Waals surface area contributed by atoms with E-state index in [2.05, 4.69) is 11.1 Å². The van der Waals surface area contributed by atoms with Crippen molar-refractivity contribution in [1.29, 1.82) is 5.26 Å². The molecule has 0 spiro atoms. The summed E-state index contributed by atoms with van der Waals surface area (Å²) in [6, 6.07) is 17.8. The molecule has 2 aromatic carbocycles. The van der Waals surface area contributed by atoms with Gasteiger partial charge in [0.2, 0.25) is 0 Å². The molecule has 0 aliphatic heterocycles. The fraction of sp³-hybridized carbons (Fsp3) is 0.0588. The lowest BCUT2D eigenvalue weighted by molar-refractivity contribution is 0.306. The van der Waals surface area contributed by atoms with E-state index in [4.69, 9.17) is 10.00 Å². The Kier molecular flexibility index (Phi) is 3.30. The lowest BCUT2D eigenvalue weighted by Gasteiger charge is -2.07. The molecular weight excluding hydrogens is 248 g/mol. The first-order valence-electron chi connectivity index (χ1n) is 6.31. The maximum atomic E-state index is 9.10. The van der Waals surface area contributed by atoms with E-state index in [9.17, 15) is 0 Å². The van der Waals surface area contributed by atoms with Crippen molar-refractivity contribution in [2.75, 3.05) is 0 Å². The highest BCUT2D eigenvalue weighted by atomic mass is 16.5. The van der Waals surface area contributed by atoms with Crippen LogP contribution in [0, 0.1) is 11.3 Å². The molecule has 3 heteroatoms. The van der Waals surface area contributed by atoms with Crippen LogP contribution in [0.1, 0.15) is 11.1 Å². The van der Waals surface area contributed by atoms with Gasteiger partial charge in [0.05, 0.1) is 5.56 Å². The third-order valence-electron chi connectivity index (χ3n) is 3.10. The van der Waals surface area contributed by atoms with E-state index >= 15 is 0 Å². The van der Waals surface area contributed by atoms with Crippen LogP contribution in [0.2, 0.25) is 0 Å². The number of ether oxygens (including phenoxy) is 1. The number of hydrogen-bond acceptors (Lipinski definition) is 3. The third kappa shape index (κ3) is 2.45. The van der Waals surface area contributed by atoms with Crippen molar-refractivity contribution in [2.45, 2.75) is 6.61 Å². The smallest absolute Gasteiger partial charge is 0.120 e. The molecule has 0 unspecified atom stereocenters. The number of pyridine rings is 1. The summed E-state index contributed by atoms with van der Waals surface area (Å²) in [5.74, 6) is 0.754. The largest absolute Gasteiger partial charge is 0.489 e. The van der Waals surface area contributed by atoms with Crippen molar-refractivity contribution >= 4 is 10.8 Å². The minimum atomic E-state index is 0.513. The summed E-state index contributed by atoms with van der Waals surface area (Å²) in [6.07, 6.45) is 3.32. The molecule has 3 aromatic rings. The summed E-state index contributed by atoms with van der Waals surface area (Å²) in [7, 11) is 0. The zero-order valence-corrected chi connectivity index (χ0v) is 10.8. The maximum absolute atomic E-state index is 9.10. The molecule has 0 N–H and O–H groups in total. The highest BCUT2D eigenvalue weighted by molar-refractivity contribution is 5.88. The Labute approximate surface area is 117 Å². The molecule has 0 radical (unpaired) electrons. The number of aromatic nitrogens is 1. The average molecular weight is 260 g/mol. The first kappa shape index (κ1) is 12.2. The standard InChI is InChI=1S/C17H12N2O/c18-9-15-11-19-10-14-6-7-16(8-17(14)15)20-12-13-4-2-1-3-5-13/h1-8,10-11H,12H2. The highest BCUT2D eigenvalue weighted by Gasteiger charge is 2.03. The van der Waals surface area contributed by atoms with Crippen molar-refractivity contribution in [3.63, 3.8) is 0 Å². The molecule has 0 amide bonds. The van der Waals surface area contributed by atoms with E-state index in [1.807, 2.05) is 48.5 Å². The van der Waals surface area contributed by atoms with Crippen LogP contribution in [-0.2, 0) is 6.61 Å². The molecule has 96 valence electrons. The molecule has 0 aliphatic rings. The normalized spacial score (nSPS) is 10.2. The number of benzene rings is 2. The van der Waals surface area contributed by atoms with Crippen molar-refractivity contribution < 1.29 is 4.74 Å². The average Bonchev–Trinajstić information content (AvgIpc) is 2.53. The highest BCUT2D eigenvalue weighted by Crippen LogP contribution is 2.23. The van der Waals surface area contributed by atoms with Crippen LogP contribution >= 0.6 is 0 Å². The number of nitriles is 1. The van der Waals surface area contributed by atoms with Crippen molar-refractivity contribution in [3.8, 4) is 11.8 Å². The number of fused-ring (bicyclic) bond motifs is 1. The summed E-state index contributed by atoms with van der Waals surface area (Å²) in [5, 5.41) is 10.9. The Morgan fingerprint density at radius 2 is 1.90 bits per heavy atom. The SMILES string of the molecule is N#Cc1cncc2ccc(OCc3ccccc3)cc12. The second kappa shape index (κ2) is 5.41. The quantitative estimate of drug-likeness (QED) is 0.721. The van der Waals surface area contributed by atoms with Crippen LogP contribution in [0.25, 0.3) is 10.8 Å². The van der Waals surface area contributed by atoms with E-state index < -0.39 is 0 Å². The second-order valence-corrected chi connectivity index (χ2v) is 4.46. The van der Waals surface area contributed by atoms with E-state index in [0.717, 1.165) is 22.1 Å². The van der Waals surface area contributed by atoms with Gasteiger partial charge in [0.25, 0.3) is 0 Å². The van der Waals surface area contributed by atoms with Gasteiger partial charge >= 0.3 is 0 Å². The van der Waals surface area contributed by atoms with E-state index in [0.29, 0.717) is 12.2 Å². The van der Waals surface area contributed by atoms with Crippen LogP contribution in [0.15, 0.2) is 60.9 Å². The van der Waals surface area contributed by atoms with Crippen LogP contribution in [-0.4, -0.2) is 4.98 Å². The van der Waals surface area contributed by atoms with Gasteiger partial charge < -0.3 is 4.74 Å². The van der Waals surface area contributed by atoms with E-state index in [-0.39, 0.29) is 0 Å². The van der Waals surface area contributed by atoms with Crippen molar-refractivity contribution in [1.82, 2.24) is 4.98 Å². The van der Waals surface area contributed by atoms with Gasteiger partial charge in [0.15, 0.2) is 0 Å². The van der Waals surface area contributed by atoms with Crippen molar-refractivity contribution in [2.24, 2.45) is 0 Å². The second-order valence-electron chi connectivity index (χ2n) is 4.46. The molecule has 20 heavy (non-hydrogen) atoms. The monoisotopic (exact) mass is 260 g/mol. The first-order chi connectivity index (χ1) is 9.86. The first-order valence-corrected chi connectivity index (χ1v) is 6.31. The minimum absolute atomic E-state index is 0.513. The summed E-state index contributed by atoms with van der Waals surface area (Å²) < 4.78 is 5.77. The molecule has 3 nitrogen and oxygen atoms in total. The lowest BCUT2D eigenvalue weighted by Crippen LogP contribution is -1.95. The zero-order valence-electron chi connectivity index (χ0n) is 10.8. The van der Waals surface area contributed by atoms with Gasteiger partial charge in [-0.2, -0.15) is 5.26 Å². The van der Waals surface area contributed by atoms with E-state index in [1.165, 1.54) is 0 Å². The molecule has 0 fully saturated rings. The van der Waals surface area contributed by atoms with Gasteiger partial charge in [-0.1, -0.05) is 30.3 Å². The van der Waals surface area contributed by atoms with Gasteiger partial charge in [-0.15, -0.1) is 0 Å². The molecule has 0 saturated carbocycles. The topological polar surface area (TPSA) is 45.9 Å². The molecule has 0 atom stereocenters. The van der Waals surface area contributed by atoms with Crippen LogP contribution in [0.3, 0.4) is 0 Å². The van der Waals surface area contributed by atoms with Crippen LogP contribution < -0.4 is 4.74 Å². The number of rotatable bonds is 3. The molecule has 0 aliphatic carbocycles. The van der Waals surface area contributed by atoms with Gasteiger partial charge in [-0.05, 0) is 23.8 Å². The molecule has 1 heterocycles. The van der Waals surface area contributed by atoms with Crippen LogP contribution in [0.5, 0.6) is 5.75 Å². The van der Waals surface area contributed by atoms with Crippen LogP contribution in [0.4, 0.5) is 0 Å². The zero-order chi connectivity index (χ0) is 13.8. The van der Waals surface area contributed by atoms with Gasteiger partial charge in [-0.25, -0.2) is 0 Å². The molecule has 0 bridgehead atoms. The Morgan fingerprint density at radius 3 is 2.70 bits per heavy atom. The Morgan fingerprint density at radius 1 is 1.05 bits per heavy atom. The summed E-state index contributed by atoms with van der Waals surface area (Å²) in [6.45, 7) is 0.513. The number of nitrogens with zero attached hydrogens (tertiary/aromatic N) is 2. The fourth-order valence-electron chi connectivity index (χ4n) is 2.06. The Balaban J connectivity index is 1.88. The Bertz CT molecular complexity index is 776. The molecule has 0 saturated heterocycles. The predicted octanol–water partition coefficient (Wildman–Crippen LogP) is 3.69. The summed E-state index contributed by atoms with van der Waals surface area (Å²) in [5.41, 5.74) is 1.68. The van der Waals surface area contributed by atoms with E-state index in [1.54, 1.807) is 12.4 Å². The number of hydrogen-bond donors (Lipinski definition) is 0. The summed E-state index contributed by atoms with van der Waals surface area (Å²) >= 11 is 0. The van der Waals surface area contributed by atoms with Gasteiger partial charge in [-0.3, -0.25) is 4.98 Å². The molecular formula is C17H12N2O. The third-order valence-corrected chi connectivity index (χ3v) is 3.10. The van der Waals surface area contributed by atoms with Crippen molar-refractivity contribution in [3.05, 3.63) is 72.1 Å². The minimum Gasteiger partial charge on any atom is -0.489 e. The molecule has 1 aromatic heterocycles. The predicted molar refractivity (Wildman–Crippen MR) is 77.2 cm³/mol. The lowest BCUT2D eigenvalue weighted by atomic mass is 10.1. The Hall–Kier alpha value is -2.86. The summed E-state index contributed by atoms with van der Waals surface area (Å²) in [4.78, 5) is 4.04. The maximum Gasteiger partial charge on any atom is 0.120 e.